The fraction of sp³-hybridized carbons (Fsp3) is 0.609. The summed E-state index contributed by atoms with van der Waals surface area (Å²) in [7, 11) is -2.29. The van der Waals surface area contributed by atoms with Gasteiger partial charge in [0.05, 0.1) is 30.1 Å². The highest BCUT2D eigenvalue weighted by atomic mass is 32.2. The number of hydrogen-bond acceptors (Lipinski definition) is 11. The molecule has 3 aromatic rings. The Morgan fingerprint density at radius 3 is 2.48 bits per heavy atom. The number of aromatic nitrogens is 2. The van der Waals surface area contributed by atoms with Gasteiger partial charge in [-0.1, -0.05) is 45.3 Å². The van der Waals surface area contributed by atoms with Crippen molar-refractivity contribution in [3.63, 3.8) is 0 Å². The molecule has 3 saturated carbocycles. The van der Waals surface area contributed by atoms with Gasteiger partial charge in [0.1, 0.15) is 45.9 Å². The fourth-order valence-corrected chi connectivity index (χ4v) is 12.4. The molecule has 7 atom stereocenters. The Kier molecular flexibility index (Phi) is 11.9. The van der Waals surface area contributed by atoms with Crippen molar-refractivity contribution in [1.29, 1.82) is 0 Å². The summed E-state index contributed by atoms with van der Waals surface area (Å²) in [5, 5.41) is 8.91. The smallest absolute Gasteiger partial charge is 0.318 e. The molecular weight excluding hydrogens is 843 g/mol. The average Bonchev–Trinajstić information content (AvgIpc) is 3.92. The first-order valence-corrected chi connectivity index (χ1v) is 25.2. The lowest BCUT2D eigenvalue weighted by atomic mass is 10.0. The second kappa shape index (κ2) is 17.3. The third-order valence-electron chi connectivity index (χ3n) is 14.1. The molecule has 0 radical (unpaired) electrons. The molecule has 9 rings (SSSR count). The molecule has 15 nitrogen and oxygen atoms in total. The van der Waals surface area contributed by atoms with Gasteiger partial charge in [-0.15, -0.1) is 11.3 Å². The van der Waals surface area contributed by atoms with Crippen molar-refractivity contribution in [3.05, 3.63) is 47.0 Å². The quantitative estimate of drug-likeness (QED) is 0.216. The molecule has 2 unspecified atom stereocenters. The summed E-state index contributed by atoms with van der Waals surface area (Å²) < 4.78 is 40.9. The molecule has 5 heterocycles. The van der Waals surface area contributed by atoms with Gasteiger partial charge in [-0.25, -0.2) is 23.2 Å². The maximum absolute atomic E-state index is 15.0. The highest BCUT2D eigenvalue weighted by Gasteiger charge is 2.62. The van der Waals surface area contributed by atoms with Crippen molar-refractivity contribution >= 4 is 56.0 Å². The van der Waals surface area contributed by atoms with E-state index in [1.807, 2.05) is 47.6 Å². The van der Waals surface area contributed by atoms with Gasteiger partial charge < -0.3 is 29.9 Å². The van der Waals surface area contributed by atoms with Gasteiger partial charge >= 0.3 is 6.03 Å². The topological polar surface area (TPSA) is 189 Å². The summed E-state index contributed by atoms with van der Waals surface area (Å²) in [6, 6.07) is 3.34. The predicted octanol–water partition coefficient (Wildman–Crippen LogP) is 5.96. The first-order chi connectivity index (χ1) is 30.2. The number of sulfonamides is 1. The van der Waals surface area contributed by atoms with Crippen LogP contribution < -0.4 is 24.8 Å². The minimum Gasteiger partial charge on any atom is -0.496 e. The largest absolute Gasteiger partial charge is 0.496 e. The van der Waals surface area contributed by atoms with E-state index >= 15 is 4.79 Å². The number of fused-ring (bicyclic) bond motifs is 4. The van der Waals surface area contributed by atoms with Crippen molar-refractivity contribution < 1.29 is 37.1 Å². The monoisotopic (exact) mass is 901 g/mol. The molecule has 6 aliphatic rings. The maximum atomic E-state index is 15.0. The number of carbonyl (C=O) groups is 4. The van der Waals surface area contributed by atoms with E-state index in [1.165, 1.54) is 22.7 Å². The van der Waals surface area contributed by atoms with E-state index in [1.54, 1.807) is 7.11 Å². The zero-order chi connectivity index (χ0) is 44.2. The van der Waals surface area contributed by atoms with E-state index in [2.05, 4.69) is 29.2 Å². The second-order valence-electron chi connectivity index (χ2n) is 18.9. The summed E-state index contributed by atoms with van der Waals surface area (Å²) in [6.07, 6.45) is 11.3. The Balaban J connectivity index is 1.05. The standard InChI is InChI=1S/C46H59N7O8S2/c1-26(2)36-25-62-42(48-36)35-20-39(33-17-18-38(60-4)27(3)40(33)47-35)61-31-19-37-41(54)50-46(44(56)51-63(58,59)32-15-16-32)21-30(46)13-8-6-5-7-9-14-34(43(55)53(37)24-31)49-45(57)52-22-28-11-10-12-29(28)23-52/h8,13,17-18,20,25-26,28-32,34,37H,5-7,9-12,14-16,19,21-24H2,1-4H3,(H,49,57)(H,50,54)(H,51,56)/b13-8-/t28?,29?,30-,31-,34+,37+,46-/m1/s1. The molecule has 3 aliphatic heterocycles. The third kappa shape index (κ3) is 8.75. The zero-order valence-corrected chi connectivity index (χ0v) is 38.2. The lowest BCUT2D eigenvalue weighted by Gasteiger charge is -2.31. The number of methoxy groups -OCH3 is 1. The molecule has 2 saturated heterocycles. The van der Waals surface area contributed by atoms with Crippen LogP contribution in [0.3, 0.4) is 0 Å². The lowest BCUT2D eigenvalue weighted by molar-refractivity contribution is -0.141. The van der Waals surface area contributed by atoms with Crippen LogP contribution in [0, 0.1) is 24.7 Å². The van der Waals surface area contributed by atoms with Crippen LogP contribution in [-0.4, -0.2) is 108 Å². The number of ether oxygens (including phenoxy) is 2. The van der Waals surface area contributed by atoms with Crippen LogP contribution >= 0.6 is 11.3 Å². The van der Waals surface area contributed by atoms with Gasteiger partial charge in [0.15, 0.2) is 0 Å². The SMILES string of the molecule is COc1ccc2c(O[C@@H]3C[C@H]4C(=O)N[C@]5(C(=O)NS(=O)(=O)C6CC6)C[C@H]5/C=C\CCCCC[C@H](NC(=O)N5CC6CCCC6C5)C(=O)N4C3)cc(-c3nc(C(C)C)cs3)nc2c1C. The molecule has 63 heavy (non-hydrogen) atoms. The number of nitrogens with zero attached hydrogens (tertiary/aromatic N) is 4. The summed E-state index contributed by atoms with van der Waals surface area (Å²) in [6.45, 7) is 7.47. The number of likely N-dealkylation sites (tertiary alicyclic amines) is 1. The lowest BCUT2D eigenvalue weighted by Crippen LogP contribution is -2.58. The van der Waals surface area contributed by atoms with Crippen LogP contribution in [0.4, 0.5) is 4.79 Å². The van der Waals surface area contributed by atoms with Gasteiger partial charge in [0.2, 0.25) is 21.8 Å². The van der Waals surface area contributed by atoms with E-state index in [0.29, 0.717) is 73.3 Å². The van der Waals surface area contributed by atoms with Crippen LogP contribution in [0.2, 0.25) is 0 Å². The minimum absolute atomic E-state index is 0.0266. The predicted molar refractivity (Wildman–Crippen MR) is 239 cm³/mol. The molecule has 17 heteroatoms. The van der Waals surface area contributed by atoms with Gasteiger partial charge in [0, 0.05) is 47.8 Å². The Bertz CT molecular complexity index is 2420. The van der Waals surface area contributed by atoms with Crippen molar-refractivity contribution in [3.8, 4) is 22.2 Å². The highest BCUT2D eigenvalue weighted by molar-refractivity contribution is 7.91. The number of amides is 5. The van der Waals surface area contributed by atoms with Crippen LogP contribution in [0.1, 0.15) is 108 Å². The Morgan fingerprint density at radius 2 is 1.76 bits per heavy atom. The number of benzene rings is 1. The minimum atomic E-state index is -3.90. The van der Waals surface area contributed by atoms with E-state index in [9.17, 15) is 22.8 Å². The molecular formula is C46H59N7O8S2. The number of nitrogens with one attached hydrogen (secondary N) is 3. The van der Waals surface area contributed by atoms with E-state index < -0.39 is 62.6 Å². The number of hydrogen-bond donors (Lipinski definition) is 3. The molecule has 2 aromatic heterocycles. The maximum Gasteiger partial charge on any atom is 0.318 e. The third-order valence-corrected chi connectivity index (χ3v) is 16.8. The average molecular weight is 902 g/mol. The van der Waals surface area contributed by atoms with Crippen molar-refractivity contribution in [2.75, 3.05) is 26.7 Å². The second-order valence-corrected chi connectivity index (χ2v) is 21.7. The molecule has 3 aliphatic carbocycles. The molecule has 1 aromatic carbocycles. The van der Waals surface area contributed by atoms with E-state index in [4.69, 9.17) is 19.4 Å². The van der Waals surface area contributed by atoms with Crippen LogP contribution in [-0.2, 0) is 24.4 Å². The summed E-state index contributed by atoms with van der Waals surface area (Å²) in [5.41, 5.74) is 1.55. The van der Waals surface area contributed by atoms with Crippen LogP contribution in [0.25, 0.3) is 21.6 Å². The number of allylic oxidation sites excluding steroid dienone is 1. The van der Waals surface area contributed by atoms with E-state index in [0.717, 1.165) is 53.8 Å². The summed E-state index contributed by atoms with van der Waals surface area (Å²) >= 11 is 1.49. The summed E-state index contributed by atoms with van der Waals surface area (Å²) in [4.78, 5) is 70.9. The number of thiazole rings is 1. The molecule has 3 N–H and O–H groups in total. The Morgan fingerprint density at radius 1 is 0.984 bits per heavy atom. The van der Waals surface area contributed by atoms with Crippen LogP contribution in [0.15, 0.2) is 35.7 Å². The van der Waals surface area contributed by atoms with E-state index in [-0.39, 0.29) is 31.3 Å². The first-order valence-electron chi connectivity index (χ1n) is 22.8. The normalized spacial score (nSPS) is 29.3. The fourth-order valence-electron chi connectivity index (χ4n) is 10.1. The van der Waals surface area contributed by atoms with Gasteiger partial charge in [-0.05, 0) is 88.2 Å². The summed E-state index contributed by atoms with van der Waals surface area (Å²) in [5.74, 6) is 0.180. The van der Waals surface area contributed by atoms with Crippen molar-refractivity contribution in [2.45, 2.75) is 133 Å². The number of urea groups is 1. The molecule has 338 valence electrons. The molecule has 5 fully saturated rings. The highest BCUT2D eigenvalue weighted by Crippen LogP contribution is 2.46. The molecule has 0 spiro atoms. The van der Waals surface area contributed by atoms with Gasteiger partial charge in [0.25, 0.3) is 5.91 Å². The van der Waals surface area contributed by atoms with Crippen LogP contribution in [0.5, 0.6) is 11.5 Å². The Hall–Kier alpha value is -4.77. The number of carbonyl (C=O) groups excluding carboxylic acids is 4. The number of aryl methyl sites for hydroxylation is 1. The number of pyridine rings is 1. The number of rotatable bonds is 9. The first kappa shape index (κ1) is 43.5. The Labute approximate surface area is 373 Å². The molecule has 0 bridgehead atoms. The van der Waals surface area contributed by atoms with Crippen molar-refractivity contribution in [1.82, 2.24) is 35.1 Å². The van der Waals surface area contributed by atoms with Gasteiger partial charge in [-0.3, -0.25) is 19.1 Å². The molecule has 5 amide bonds. The van der Waals surface area contributed by atoms with Gasteiger partial charge in [-0.2, -0.15) is 0 Å². The van der Waals surface area contributed by atoms with Crippen molar-refractivity contribution in [2.24, 2.45) is 17.8 Å². The zero-order valence-electron chi connectivity index (χ0n) is 36.6.